The minimum atomic E-state index is -0.429. The van der Waals surface area contributed by atoms with Crippen LogP contribution >= 0.6 is 0 Å². The third-order valence-corrected chi connectivity index (χ3v) is 4.48. The van der Waals surface area contributed by atoms with Crippen molar-refractivity contribution >= 4 is 33.5 Å². The molecule has 27 heavy (non-hydrogen) atoms. The van der Waals surface area contributed by atoms with Crippen LogP contribution in [0.25, 0.3) is 39.1 Å². The molecule has 0 aliphatic rings. The Morgan fingerprint density at radius 2 is 1.96 bits per heavy atom. The molecule has 0 saturated heterocycles. The second-order valence-corrected chi connectivity index (χ2v) is 6.25. The number of hydrogen-bond donors (Lipinski definition) is 1. The zero-order chi connectivity index (χ0) is 18.7. The topological polar surface area (TPSA) is 102 Å². The number of nitro benzene ring substituents is 1. The minimum Gasteiger partial charge on any atom is -0.337 e. The van der Waals surface area contributed by atoms with Gasteiger partial charge in [0, 0.05) is 23.1 Å². The van der Waals surface area contributed by atoms with Gasteiger partial charge in [-0.1, -0.05) is 0 Å². The molecule has 9 heteroatoms. The first-order chi connectivity index (χ1) is 13.0. The number of nitrogens with one attached hydrogen (secondary N) is 1. The van der Waals surface area contributed by atoms with Crippen molar-refractivity contribution in [3.05, 3.63) is 64.1 Å². The van der Waals surface area contributed by atoms with Gasteiger partial charge >= 0.3 is 0 Å². The molecule has 1 N–H and O–H groups in total. The van der Waals surface area contributed by atoms with Crippen LogP contribution in [0, 0.1) is 22.9 Å². The van der Waals surface area contributed by atoms with E-state index in [1.54, 1.807) is 25.3 Å². The lowest BCUT2D eigenvalue weighted by Gasteiger charge is -1.97. The van der Waals surface area contributed by atoms with Gasteiger partial charge in [-0.3, -0.25) is 10.1 Å². The number of non-ortho nitro benzene ring substituents is 1. The van der Waals surface area contributed by atoms with Crippen LogP contribution in [0.2, 0.25) is 0 Å². The lowest BCUT2D eigenvalue weighted by Crippen LogP contribution is -1.93. The lowest BCUT2D eigenvalue weighted by atomic mass is 10.1. The zero-order valence-corrected chi connectivity index (χ0v) is 14.0. The molecule has 0 atom stereocenters. The summed E-state index contributed by atoms with van der Waals surface area (Å²) in [4.78, 5) is 22.8. The Labute approximate surface area is 150 Å². The normalized spacial score (nSPS) is 11.6. The molecule has 3 aromatic heterocycles. The Hall–Kier alpha value is -3.88. The predicted molar refractivity (Wildman–Crippen MR) is 96.9 cm³/mol. The van der Waals surface area contributed by atoms with E-state index in [1.807, 2.05) is 0 Å². The number of aromatic nitrogens is 5. The maximum atomic E-state index is 13.1. The summed E-state index contributed by atoms with van der Waals surface area (Å²) in [7, 11) is 0. The molecule has 0 aliphatic carbocycles. The maximum Gasteiger partial charge on any atom is 0.270 e. The van der Waals surface area contributed by atoms with E-state index in [0.29, 0.717) is 28.0 Å². The van der Waals surface area contributed by atoms with E-state index in [4.69, 9.17) is 0 Å². The van der Waals surface area contributed by atoms with Crippen molar-refractivity contribution in [2.45, 2.75) is 6.92 Å². The van der Waals surface area contributed by atoms with Crippen LogP contribution in [-0.2, 0) is 0 Å². The Kier molecular flexibility index (Phi) is 3.02. The molecule has 5 rings (SSSR count). The van der Waals surface area contributed by atoms with Crippen molar-refractivity contribution in [2.24, 2.45) is 0 Å². The number of fused-ring (bicyclic) bond motifs is 4. The number of benzene rings is 2. The van der Waals surface area contributed by atoms with E-state index in [-0.39, 0.29) is 11.5 Å². The molecule has 8 nitrogen and oxygen atoms in total. The van der Waals surface area contributed by atoms with Crippen LogP contribution in [-0.4, -0.2) is 29.5 Å². The molecule has 0 amide bonds. The summed E-state index contributed by atoms with van der Waals surface area (Å²) in [6.45, 7) is 1.79. The monoisotopic (exact) mass is 362 g/mol. The molecule has 3 heterocycles. The van der Waals surface area contributed by atoms with Gasteiger partial charge in [0.1, 0.15) is 11.3 Å². The molecular weight excluding hydrogens is 351 g/mol. The third kappa shape index (κ3) is 2.32. The van der Waals surface area contributed by atoms with Gasteiger partial charge in [0.05, 0.1) is 22.3 Å². The van der Waals surface area contributed by atoms with Crippen molar-refractivity contribution in [2.75, 3.05) is 0 Å². The molecular formula is C18H11FN6O2. The fourth-order valence-electron chi connectivity index (χ4n) is 3.19. The quantitative estimate of drug-likeness (QED) is 0.380. The molecule has 0 spiro atoms. The fourth-order valence-corrected chi connectivity index (χ4v) is 3.19. The SMILES string of the molecule is Cc1cc([N+](=O)[O-])cc2c1[nH]c1nc3nc(-c4ccc(F)cc4)cn3nc12. The van der Waals surface area contributed by atoms with E-state index in [2.05, 4.69) is 20.1 Å². The van der Waals surface area contributed by atoms with Gasteiger partial charge in [0.25, 0.3) is 11.5 Å². The Bertz CT molecular complexity index is 1370. The highest BCUT2D eigenvalue weighted by Crippen LogP contribution is 2.30. The van der Waals surface area contributed by atoms with Crippen LogP contribution in [0.1, 0.15) is 5.56 Å². The highest BCUT2D eigenvalue weighted by Gasteiger charge is 2.17. The van der Waals surface area contributed by atoms with Gasteiger partial charge < -0.3 is 4.98 Å². The molecule has 0 unspecified atom stereocenters. The highest BCUT2D eigenvalue weighted by molar-refractivity contribution is 6.05. The molecule has 132 valence electrons. The maximum absolute atomic E-state index is 13.1. The average molecular weight is 362 g/mol. The predicted octanol–water partition coefficient (Wildman–Crippen LogP) is 3.78. The lowest BCUT2D eigenvalue weighted by molar-refractivity contribution is -0.384. The standard InChI is InChI=1S/C18H11FN6O2/c1-9-6-12(25(26)27)7-13-15(9)21-17-16(13)23-24-8-14(20-18(24)22-17)10-2-4-11(19)5-3-10/h2-8H,1H3,(H,20,21,22). The minimum absolute atomic E-state index is 0.000397. The Morgan fingerprint density at radius 3 is 2.70 bits per heavy atom. The Balaban J connectivity index is 1.76. The smallest absolute Gasteiger partial charge is 0.270 e. The summed E-state index contributed by atoms with van der Waals surface area (Å²) < 4.78 is 14.6. The number of halogens is 1. The highest BCUT2D eigenvalue weighted by atomic mass is 19.1. The van der Waals surface area contributed by atoms with Crippen LogP contribution in [0.5, 0.6) is 0 Å². The van der Waals surface area contributed by atoms with Gasteiger partial charge in [-0.2, -0.15) is 10.1 Å². The van der Waals surface area contributed by atoms with Crippen LogP contribution in [0.3, 0.4) is 0 Å². The first-order valence-corrected chi connectivity index (χ1v) is 8.09. The van der Waals surface area contributed by atoms with Gasteiger partial charge in [-0.05, 0) is 36.8 Å². The number of nitro groups is 1. The van der Waals surface area contributed by atoms with Crippen molar-refractivity contribution in [1.82, 2.24) is 24.6 Å². The largest absolute Gasteiger partial charge is 0.337 e. The van der Waals surface area contributed by atoms with E-state index in [1.165, 1.54) is 28.8 Å². The summed E-state index contributed by atoms with van der Waals surface area (Å²) in [5.41, 5.74) is 3.86. The summed E-state index contributed by atoms with van der Waals surface area (Å²) in [6.07, 6.45) is 1.69. The summed E-state index contributed by atoms with van der Waals surface area (Å²) in [6, 6.07) is 8.98. The molecule has 0 saturated carbocycles. The second-order valence-electron chi connectivity index (χ2n) is 6.25. The summed E-state index contributed by atoms with van der Waals surface area (Å²) >= 11 is 0. The van der Waals surface area contributed by atoms with E-state index < -0.39 is 4.92 Å². The number of aryl methyl sites for hydroxylation is 1. The zero-order valence-electron chi connectivity index (χ0n) is 14.0. The number of aromatic amines is 1. The number of imidazole rings is 1. The van der Waals surface area contributed by atoms with Crippen LogP contribution in [0.4, 0.5) is 10.1 Å². The second kappa shape index (κ2) is 5.31. The molecule has 0 radical (unpaired) electrons. The molecule has 0 fully saturated rings. The third-order valence-electron chi connectivity index (χ3n) is 4.48. The summed E-state index contributed by atoms with van der Waals surface area (Å²) in [5.74, 6) is 0.0519. The number of rotatable bonds is 2. The number of nitrogens with zero attached hydrogens (tertiary/aromatic N) is 5. The van der Waals surface area contributed by atoms with Crippen molar-refractivity contribution in [3.63, 3.8) is 0 Å². The van der Waals surface area contributed by atoms with E-state index in [0.717, 1.165) is 16.6 Å². The Morgan fingerprint density at radius 1 is 1.19 bits per heavy atom. The van der Waals surface area contributed by atoms with Crippen molar-refractivity contribution in [3.8, 4) is 11.3 Å². The number of H-pyrrole nitrogens is 1. The molecule has 0 aliphatic heterocycles. The average Bonchev–Trinajstić information content (AvgIpc) is 3.21. The first kappa shape index (κ1) is 15.4. The van der Waals surface area contributed by atoms with Gasteiger partial charge in [-0.15, -0.1) is 0 Å². The van der Waals surface area contributed by atoms with Gasteiger partial charge in [0.2, 0.25) is 0 Å². The fraction of sp³-hybridized carbons (Fsp3) is 0.0556. The summed E-state index contributed by atoms with van der Waals surface area (Å²) in [5, 5.41) is 16.3. The molecule has 0 bridgehead atoms. The van der Waals surface area contributed by atoms with Gasteiger partial charge in [-0.25, -0.2) is 13.9 Å². The molecule has 5 aromatic rings. The van der Waals surface area contributed by atoms with Crippen LogP contribution < -0.4 is 0 Å². The number of hydrogen-bond acceptors (Lipinski definition) is 5. The van der Waals surface area contributed by atoms with Crippen LogP contribution in [0.15, 0.2) is 42.6 Å². The van der Waals surface area contributed by atoms with Gasteiger partial charge in [0.15, 0.2) is 5.65 Å². The first-order valence-electron chi connectivity index (χ1n) is 8.09. The van der Waals surface area contributed by atoms with Crippen molar-refractivity contribution in [1.29, 1.82) is 0 Å². The molecule has 2 aromatic carbocycles. The van der Waals surface area contributed by atoms with E-state index >= 15 is 0 Å². The van der Waals surface area contributed by atoms with E-state index in [9.17, 15) is 14.5 Å². The van der Waals surface area contributed by atoms with Crippen molar-refractivity contribution < 1.29 is 9.31 Å².